The number of benzene rings is 1. The fourth-order valence-corrected chi connectivity index (χ4v) is 1.81. The number of carbonyl (C=O) groups is 2. The molecule has 1 N–H and O–H groups in total. The van der Waals surface area contributed by atoms with Gasteiger partial charge in [0.25, 0.3) is 0 Å². The number of esters is 1. The second kappa shape index (κ2) is 6.08. The highest BCUT2D eigenvalue weighted by Gasteiger charge is 2.19. The molecule has 7 nitrogen and oxygen atoms in total. The predicted octanol–water partition coefficient (Wildman–Crippen LogP) is 1.42. The Labute approximate surface area is 120 Å². The summed E-state index contributed by atoms with van der Waals surface area (Å²) in [5.41, 5.74) is 0.732. The molecular formula is C14H14N2O5. The van der Waals surface area contributed by atoms with Crippen molar-refractivity contribution in [2.45, 2.75) is 6.54 Å². The van der Waals surface area contributed by atoms with Gasteiger partial charge in [0, 0.05) is 6.07 Å². The first-order valence-electron chi connectivity index (χ1n) is 6.07. The van der Waals surface area contributed by atoms with E-state index in [1.165, 1.54) is 17.9 Å². The van der Waals surface area contributed by atoms with E-state index in [1.54, 1.807) is 19.2 Å². The number of aromatic carboxylic acids is 1. The molecule has 0 saturated carbocycles. The molecule has 2 aromatic rings. The summed E-state index contributed by atoms with van der Waals surface area (Å²) in [4.78, 5) is 22.6. The van der Waals surface area contributed by atoms with Gasteiger partial charge in [-0.15, -0.1) is 0 Å². The van der Waals surface area contributed by atoms with Crippen molar-refractivity contribution in [3.63, 3.8) is 0 Å². The van der Waals surface area contributed by atoms with Crippen LogP contribution in [-0.4, -0.2) is 41.0 Å². The zero-order valence-electron chi connectivity index (χ0n) is 11.6. The molecule has 0 aliphatic heterocycles. The molecule has 0 aliphatic carbocycles. The predicted molar refractivity (Wildman–Crippen MR) is 72.6 cm³/mol. The SMILES string of the molecule is COC(=O)c1cc(C(=O)O)nn1Cc1ccc(OC)cc1. The van der Waals surface area contributed by atoms with Gasteiger partial charge >= 0.3 is 11.9 Å². The lowest BCUT2D eigenvalue weighted by atomic mass is 10.2. The number of hydrogen-bond acceptors (Lipinski definition) is 5. The molecule has 110 valence electrons. The molecule has 0 saturated heterocycles. The molecule has 0 spiro atoms. The average molecular weight is 290 g/mol. The molecule has 1 aromatic heterocycles. The van der Waals surface area contributed by atoms with E-state index in [4.69, 9.17) is 9.84 Å². The van der Waals surface area contributed by atoms with Crippen molar-refractivity contribution >= 4 is 11.9 Å². The summed E-state index contributed by atoms with van der Waals surface area (Å²) in [7, 11) is 2.80. The number of hydrogen-bond donors (Lipinski definition) is 1. The lowest BCUT2D eigenvalue weighted by molar-refractivity contribution is 0.0586. The third-order valence-corrected chi connectivity index (χ3v) is 2.89. The number of carboxylic acid groups (broad SMARTS) is 1. The first-order chi connectivity index (χ1) is 10.0. The molecule has 0 unspecified atom stereocenters. The van der Waals surface area contributed by atoms with E-state index in [9.17, 15) is 9.59 Å². The van der Waals surface area contributed by atoms with Crippen LogP contribution in [0.5, 0.6) is 5.75 Å². The van der Waals surface area contributed by atoms with Gasteiger partial charge in [0.1, 0.15) is 11.4 Å². The summed E-state index contributed by atoms with van der Waals surface area (Å²) in [6.45, 7) is 0.252. The minimum absolute atomic E-state index is 0.0886. The molecular weight excluding hydrogens is 276 g/mol. The average Bonchev–Trinajstić information content (AvgIpc) is 2.91. The Morgan fingerprint density at radius 3 is 2.43 bits per heavy atom. The van der Waals surface area contributed by atoms with Crippen LogP contribution in [0.2, 0.25) is 0 Å². The molecule has 0 aliphatic rings. The van der Waals surface area contributed by atoms with Crippen LogP contribution < -0.4 is 4.74 Å². The van der Waals surface area contributed by atoms with Crippen molar-refractivity contribution in [1.82, 2.24) is 9.78 Å². The van der Waals surface area contributed by atoms with E-state index in [2.05, 4.69) is 9.84 Å². The first-order valence-corrected chi connectivity index (χ1v) is 6.07. The largest absolute Gasteiger partial charge is 0.497 e. The maximum Gasteiger partial charge on any atom is 0.356 e. The van der Waals surface area contributed by atoms with Gasteiger partial charge in [0.2, 0.25) is 0 Å². The van der Waals surface area contributed by atoms with Gasteiger partial charge in [-0.1, -0.05) is 12.1 Å². The van der Waals surface area contributed by atoms with Crippen LogP contribution in [0, 0.1) is 0 Å². The lowest BCUT2D eigenvalue weighted by Crippen LogP contribution is -2.12. The quantitative estimate of drug-likeness (QED) is 0.838. The molecule has 0 fully saturated rings. The normalized spacial score (nSPS) is 10.2. The van der Waals surface area contributed by atoms with Crippen molar-refractivity contribution in [3.05, 3.63) is 47.3 Å². The van der Waals surface area contributed by atoms with E-state index in [-0.39, 0.29) is 17.9 Å². The van der Waals surface area contributed by atoms with Gasteiger partial charge in [0.15, 0.2) is 5.69 Å². The van der Waals surface area contributed by atoms with Crippen molar-refractivity contribution in [3.8, 4) is 5.75 Å². The third-order valence-electron chi connectivity index (χ3n) is 2.89. The van der Waals surface area contributed by atoms with E-state index in [1.807, 2.05) is 12.1 Å². The standard InChI is InChI=1S/C14H14N2O5/c1-20-10-5-3-9(4-6-10)8-16-12(14(19)21-2)7-11(15-16)13(17)18/h3-7H,8H2,1-2H3,(H,17,18). The smallest absolute Gasteiger partial charge is 0.356 e. The highest BCUT2D eigenvalue weighted by Crippen LogP contribution is 2.14. The number of carboxylic acids is 1. The number of methoxy groups -OCH3 is 2. The number of carbonyl (C=O) groups excluding carboxylic acids is 1. The van der Waals surface area contributed by atoms with E-state index < -0.39 is 11.9 Å². The van der Waals surface area contributed by atoms with Gasteiger partial charge in [-0.05, 0) is 17.7 Å². The number of aromatic nitrogens is 2. The van der Waals surface area contributed by atoms with Crippen LogP contribution in [0.25, 0.3) is 0 Å². The van der Waals surface area contributed by atoms with Crippen LogP contribution in [0.4, 0.5) is 0 Å². The second-order valence-electron chi connectivity index (χ2n) is 4.22. The molecule has 2 rings (SSSR count). The molecule has 21 heavy (non-hydrogen) atoms. The summed E-state index contributed by atoms with van der Waals surface area (Å²) < 4.78 is 11.0. The Morgan fingerprint density at radius 1 is 1.24 bits per heavy atom. The lowest BCUT2D eigenvalue weighted by Gasteiger charge is -2.07. The molecule has 1 heterocycles. The Kier molecular flexibility index (Phi) is 4.22. The van der Waals surface area contributed by atoms with Gasteiger partial charge in [-0.25, -0.2) is 9.59 Å². The van der Waals surface area contributed by atoms with E-state index >= 15 is 0 Å². The van der Waals surface area contributed by atoms with Crippen molar-refractivity contribution < 1.29 is 24.2 Å². The molecule has 0 bridgehead atoms. The maximum atomic E-state index is 11.7. The first kappa shape index (κ1) is 14.6. The topological polar surface area (TPSA) is 90.7 Å². The highest BCUT2D eigenvalue weighted by atomic mass is 16.5. The second-order valence-corrected chi connectivity index (χ2v) is 4.22. The fourth-order valence-electron chi connectivity index (χ4n) is 1.81. The van der Waals surface area contributed by atoms with Crippen LogP contribution in [0.3, 0.4) is 0 Å². The molecule has 7 heteroatoms. The summed E-state index contributed by atoms with van der Waals surface area (Å²) in [5, 5.41) is 12.9. The van der Waals surface area contributed by atoms with Gasteiger partial charge in [-0.3, -0.25) is 4.68 Å². The van der Waals surface area contributed by atoms with Crippen LogP contribution in [0.15, 0.2) is 30.3 Å². The van der Waals surface area contributed by atoms with Crippen LogP contribution in [-0.2, 0) is 11.3 Å². The maximum absolute atomic E-state index is 11.7. The summed E-state index contributed by atoms with van der Waals surface area (Å²) in [5.74, 6) is -1.13. The summed E-state index contributed by atoms with van der Waals surface area (Å²) in [6, 6.07) is 8.35. The van der Waals surface area contributed by atoms with E-state index in [0.717, 1.165) is 5.56 Å². The van der Waals surface area contributed by atoms with Crippen molar-refractivity contribution in [1.29, 1.82) is 0 Å². The van der Waals surface area contributed by atoms with Crippen molar-refractivity contribution in [2.75, 3.05) is 14.2 Å². The zero-order chi connectivity index (χ0) is 15.4. The Hall–Kier alpha value is -2.83. The monoisotopic (exact) mass is 290 g/mol. The van der Waals surface area contributed by atoms with Gasteiger partial charge in [-0.2, -0.15) is 5.10 Å². The third kappa shape index (κ3) is 3.19. The minimum Gasteiger partial charge on any atom is -0.497 e. The van der Waals surface area contributed by atoms with Gasteiger partial charge in [0.05, 0.1) is 20.8 Å². The number of rotatable bonds is 5. The van der Waals surface area contributed by atoms with Crippen molar-refractivity contribution in [2.24, 2.45) is 0 Å². The van der Waals surface area contributed by atoms with Crippen LogP contribution in [0.1, 0.15) is 26.5 Å². The minimum atomic E-state index is -1.20. The Balaban J connectivity index is 2.32. The Morgan fingerprint density at radius 2 is 1.90 bits per heavy atom. The molecule has 0 atom stereocenters. The number of ether oxygens (including phenoxy) is 2. The zero-order valence-corrected chi connectivity index (χ0v) is 11.6. The summed E-state index contributed by atoms with van der Waals surface area (Å²) >= 11 is 0. The molecule has 0 radical (unpaired) electrons. The summed E-state index contributed by atoms with van der Waals surface area (Å²) in [6.07, 6.45) is 0. The Bertz CT molecular complexity index is 661. The van der Waals surface area contributed by atoms with Crippen LogP contribution >= 0.6 is 0 Å². The number of nitrogens with zero attached hydrogens (tertiary/aromatic N) is 2. The molecule has 1 aromatic carbocycles. The van der Waals surface area contributed by atoms with E-state index in [0.29, 0.717) is 5.75 Å². The highest BCUT2D eigenvalue weighted by molar-refractivity contribution is 5.92. The fraction of sp³-hybridized carbons (Fsp3) is 0.214. The van der Waals surface area contributed by atoms with Gasteiger partial charge < -0.3 is 14.6 Å². The molecule has 0 amide bonds.